The minimum atomic E-state index is -0.415. The van der Waals surface area contributed by atoms with Crippen molar-refractivity contribution < 1.29 is 19.1 Å². The molecule has 0 amide bonds. The highest BCUT2D eigenvalue weighted by Gasteiger charge is 2.46. The molecule has 3 aliphatic rings. The topological polar surface area (TPSA) is 64.6 Å². The SMILES string of the molecule is CC1=C(C(=O)OCC2CCCO2)C(c2cccc(Br)c2)C2C(=O)CC(C)(C)C=C2N1. The van der Waals surface area contributed by atoms with E-state index in [1.165, 1.54) is 0 Å². The number of ketones is 1. The van der Waals surface area contributed by atoms with Crippen LogP contribution in [0.25, 0.3) is 0 Å². The summed E-state index contributed by atoms with van der Waals surface area (Å²) in [5.41, 5.74) is 2.87. The summed E-state index contributed by atoms with van der Waals surface area (Å²) in [5.74, 6) is -1.03. The third kappa shape index (κ3) is 4.26. The lowest BCUT2D eigenvalue weighted by Gasteiger charge is -2.41. The first-order chi connectivity index (χ1) is 14.2. The fraction of sp³-hybridized carbons (Fsp3) is 0.500. The summed E-state index contributed by atoms with van der Waals surface area (Å²) in [6, 6.07) is 7.85. The zero-order valence-electron chi connectivity index (χ0n) is 17.7. The van der Waals surface area contributed by atoms with Gasteiger partial charge in [0.2, 0.25) is 0 Å². The molecule has 5 nitrogen and oxygen atoms in total. The Balaban J connectivity index is 1.73. The van der Waals surface area contributed by atoms with E-state index in [0.717, 1.165) is 34.3 Å². The van der Waals surface area contributed by atoms with E-state index in [9.17, 15) is 9.59 Å². The highest BCUT2D eigenvalue weighted by molar-refractivity contribution is 9.10. The van der Waals surface area contributed by atoms with E-state index >= 15 is 0 Å². The number of halogens is 1. The number of hydrogen-bond donors (Lipinski definition) is 1. The fourth-order valence-corrected chi connectivity index (χ4v) is 5.24. The van der Waals surface area contributed by atoms with Gasteiger partial charge >= 0.3 is 5.97 Å². The molecule has 1 aliphatic carbocycles. The minimum Gasteiger partial charge on any atom is -0.460 e. The second kappa shape index (κ2) is 8.31. The number of rotatable bonds is 4. The molecule has 1 fully saturated rings. The van der Waals surface area contributed by atoms with Gasteiger partial charge in [0.25, 0.3) is 0 Å². The average molecular weight is 474 g/mol. The maximum Gasteiger partial charge on any atom is 0.336 e. The van der Waals surface area contributed by atoms with Crippen LogP contribution in [0.4, 0.5) is 0 Å². The summed E-state index contributed by atoms with van der Waals surface area (Å²) in [4.78, 5) is 26.5. The average Bonchev–Trinajstić information content (AvgIpc) is 3.17. The van der Waals surface area contributed by atoms with Crippen molar-refractivity contribution in [2.45, 2.75) is 52.1 Å². The monoisotopic (exact) mass is 473 g/mol. The van der Waals surface area contributed by atoms with Crippen LogP contribution in [0.3, 0.4) is 0 Å². The predicted molar refractivity (Wildman–Crippen MR) is 118 cm³/mol. The third-order valence-electron chi connectivity index (χ3n) is 6.09. The minimum absolute atomic E-state index is 0.0386. The zero-order valence-corrected chi connectivity index (χ0v) is 19.3. The summed E-state index contributed by atoms with van der Waals surface area (Å²) >= 11 is 3.53. The van der Waals surface area contributed by atoms with Gasteiger partial charge in [0.15, 0.2) is 0 Å². The molecule has 0 bridgehead atoms. The molecule has 1 aromatic carbocycles. The Bertz CT molecular complexity index is 927. The molecule has 2 heterocycles. The number of fused-ring (bicyclic) bond motifs is 1. The molecule has 0 saturated carbocycles. The van der Waals surface area contributed by atoms with E-state index in [1.807, 2.05) is 31.2 Å². The lowest BCUT2D eigenvalue weighted by molar-refractivity contribution is -0.143. The van der Waals surface area contributed by atoms with Gasteiger partial charge in [-0.15, -0.1) is 0 Å². The highest BCUT2D eigenvalue weighted by atomic mass is 79.9. The summed E-state index contributed by atoms with van der Waals surface area (Å²) in [7, 11) is 0. The molecule has 0 aromatic heterocycles. The number of carbonyl (C=O) groups is 2. The largest absolute Gasteiger partial charge is 0.460 e. The molecular weight excluding hydrogens is 446 g/mol. The van der Waals surface area contributed by atoms with Gasteiger partial charge in [-0.25, -0.2) is 4.79 Å². The second-order valence-corrected chi connectivity index (χ2v) is 10.1. The number of carbonyl (C=O) groups excluding carboxylic acids is 2. The molecular formula is C24H28BrNO4. The van der Waals surface area contributed by atoms with Gasteiger partial charge in [-0.3, -0.25) is 4.79 Å². The smallest absolute Gasteiger partial charge is 0.336 e. The van der Waals surface area contributed by atoms with Crippen molar-refractivity contribution in [2.75, 3.05) is 13.2 Å². The quantitative estimate of drug-likeness (QED) is 0.645. The van der Waals surface area contributed by atoms with Crippen molar-refractivity contribution in [1.82, 2.24) is 5.32 Å². The van der Waals surface area contributed by atoms with Gasteiger partial charge in [0.05, 0.1) is 17.6 Å². The Morgan fingerprint density at radius 2 is 2.13 bits per heavy atom. The van der Waals surface area contributed by atoms with Crippen molar-refractivity contribution in [2.24, 2.45) is 11.3 Å². The summed E-state index contributed by atoms with van der Waals surface area (Å²) in [5, 5.41) is 3.35. The number of Topliss-reactive ketones (excluding diaryl/α,β-unsaturated/α-hetero) is 1. The molecule has 1 aromatic rings. The highest BCUT2D eigenvalue weighted by Crippen LogP contribution is 2.47. The molecule has 30 heavy (non-hydrogen) atoms. The molecule has 2 aliphatic heterocycles. The van der Waals surface area contributed by atoms with Crippen molar-refractivity contribution >= 4 is 27.7 Å². The van der Waals surface area contributed by atoms with E-state index in [4.69, 9.17) is 9.47 Å². The van der Waals surface area contributed by atoms with Crippen LogP contribution in [0.1, 0.15) is 51.5 Å². The van der Waals surface area contributed by atoms with Crippen LogP contribution in [-0.2, 0) is 19.1 Å². The summed E-state index contributed by atoms with van der Waals surface area (Å²) in [6.07, 6.45) is 4.45. The van der Waals surface area contributed by atoms with Gasteiger partial charge in [-0.05, 0) is 42.9 Å². The zero-order chi connectivity index (χ0) is 21.5. The number of nitrogens with one attached hydrogen (secondary N) is 1. The van der Waals surface area contributed by atoms with E-state index in [0.29, 0.717) is 18.6 Å². The first-order valence-corrected chi connectivity index (χ1v) is 11.3. The van der Waals surface area contributed by atoms with Gasteiger partial charge in [0, 0.05) is 34.8 Å². The molecule has 4 rings (SSSR count). The van der Waals surface area contributed by atoms with Crippen LogP contribution in [0, 0.1) is 11.3 Å². The number of allylic oxidation sites excluding steroid dienone is 3. The Labute approximate surface area is 186 Å². The second-order valence-electron chi connectivity index (χ2n) is 9.14. The third-order valence-corrected chi connectivity index (χ3v) is 6.58. The first kappa shape index (κ1) is 21.3. The van der Waals surface area contributed by atoms with Crippen molar-refractivity contribution in [1.29, 1.82) is 0 Å². The van der Waals surface area contributed by atoms with E-state index in [2.05, 4.69) is 41.2 Å². The van der Waals surface area contributed by atoms with Crippen LogP contribution in [0.2, 0.25) is 0 Å². The van der Waals surface area contributed by atoms with Crippen LogP contribution in [0.15, 0.2) is 51.8 Å². The Kier molecular flexibility index (Phi) is 5.90. The molecule has 160 valence electrons. The molecule has 0 spiro atoms. The van der Waals surface area contributed by atoms with Crippen LogP contribution in [0.5, 0.6) is 0 Å². The van der Waals surface area contributed by atoms with Gasteiger partial charge in [0.1, 0.15) is 12.4 Å². The van der Waals surface area contributed by atoms with Crippen LogP contribution in [-0.4, -0.2) is 31.1 Å². The predicted octanol–water partition coefficient (Wildman–Crippen LogP) is 4.63. The molecule has 1 saturated heterocycles. The molecule has 0 radical (unpaired) electrons. The molecule has 3 unspecified atom stereocenters. The van der Waals surface area contributed by atoms with Crippen molar-refractivity contribution in [3.63, 3.8) is 0 Å². The lowest BCUT2D eigenvalue weighted by atomic mass is 9.66. The van der Waals surface area contributed by atoms with Crippen LogP contribution >= 0.6 is 15.9 Å². The van der Waals surface area contributed by atoms with Crippen molar-refractivity contribution in [3.05, 3.63) is 57.3 Å². The van der Waals surface area contributed by atoms with E-state index < -0.39 is 5.92 Å². The van der Waals surface area contributed by atoms with Crippen LogP contribution < -0.4 is 5.32 Å². The molecule has 1 N–H and O–H groups in total. The standard InChI is InChI=1S/C24H28BrNO4/c1-14-20(23(28)30-13-17-8-5-9-29-17)21(15-6-4-7-16(25)10-15)22-18(26-14)11-24(2,3)12-19(22)27/h4,6-7,10-11,17,21-22,26H,5,8-9,12-13H2,1-3H3. The maximum atomic E-state index is 13.3. The number of hydrogen-bond acceptors (Lipinski definition) is 5. The normalized spacial score (nSPS) is 27.9. The summed E-state index contributed by atoms with van der Waals surface area (Å²) in [6.45, 7) is 6.97. The Hall–Kier alpha value is -1.92. The van der Waals surface area contributed by atoms with Gasteiger partial charge < -0.3 is 14.8 Å². The fourth-order valence-electron chi connectivity index (χ4n) is 4.82. The number of ether oxygens (including phenoxy) is 2. The Morgan fingerprint density at radius 3 is 2.83 bits per heavy atom. The molecule has 3 atom stereocenters. The van der Waals surface area contributed by atoms with E-state index in [1.54, 1.807) is 0 Å². The Morgan fingerprint density at radius 1 is 1.33 bits per heavy atom. The summed E-state index contributed by atoms with van der Waals surface area (Å²) < 4.78 is 12.2. The number of esters is 1. The lowest BCUT2D eigenvalue weighted by Crippen LogP contribution is -2.43. The maximum absolute atomic E-state index is 13.3. The number of benzene rings is 1. The molecule has 6 heteroatoms. The first-order valence-electron chi connectivity index (χ1n) is 10.5. The van der Waals surface area contributed by atoms with Gasteiger partial charge in [-0.1, -0.05) is 48.0 Å². The van der Waals surface area contributed by atoms with Gasteiger partial charge in [-0.2, -0.15) is 0 Å². The van der Waals surface area contributed by atoms with Crippen molar-refractivity contribution in [3.8, 4) is 0 Å². The van der Waals surface area contributed by atoms with E-state index in [-0.39, 0.29) is 35.8 Å².